The molecule has 2 heterocycles. The van der Waals surface area contributed by atoms with Gasteiger partial charge in [0, 0.05) is 18.5 Å². The van der Waals surface area contributed by atoms with Crippen LogP contribution in [0.1, 0.15) is 16.8 Å². The van der Waals surface area contributed by atoms with Gasteiger partial charge in [0.15, 0.2) is 5.13 Å². The number of anilines is 1. The van der Waals surface area contributed by atoms with Gasteiger partial charge in [-0.1, -0.05) is 24.3 Å². The molecule has 0 unspecified atom stereocenters. The molecule has 1 aromatic heterocycles. The summed E-state index contributed by atoms with van der Waals surface area (Å²) in [6.45, 7) is 1.49. The van der Waals surface area contributed by atoms with Crippen molar-refractivity contribution in [3.05, 3.63) is 46.5 Å². The highest BCUT2D eigenvalue weighted by Crippen LogP contribution is 2.19. The third-order valence-corrected chi connectivity index (χ3v) is 4.11. The van der Waals surface area contributed by atoms with E-state index in [4.69, 9.17) is 5.73 Å². The molecule has 2 aromatic rings. The minimum atomic E-state index is 0.125. The summed E-state index contributed by atoms with van der Waals surface area (Å²) >= 11 is 1.38. The predicted octanol–water partition coefficient (Wildman–Crippen LogP) is 1.85. The zero-order valence-electron chi connectivity index (χ0n) is 10.5. The lowest BCUT2D eigenvalue weighted by molar-refractivity contribution is -0.131. The zero-order valence-corrected chi connectivity index (χ0v) is 11.3. The number of benzene rings is 1. The Balaban J connectivity index is 1.69. The number of fused-ring (bicyclic) bond motifs is 1. The smallest absolute Gasteiger partial charge is 0.228 e. The number of carbonyl (C=O) groups excluding carboxylic acids is 1. The fraction of sp³-hybridized carbons (Fsp3) is 0.286. The van der Waals surface area contributed by atoms with Gasteiger partial charge >= 0.3 is 0 Å². The summed E-state index contributed by atoms with van der Waals surface area (Å²) < 4.78 is 0. The van der Waals surface area contributed by atoms with Crippen LogP contribution in [0.25, 0.3) is 0 Å². The molecule has 1 aromatic carbocycles. The van der Waals surface area contributed by atoms with Crippen LogP contribution >= 0.6 is 11.3 Å². The molecule has 0 saturated heterocycles. The first-order chi connectivity index (χ1) is 9.22. The maximum absolute atomic E-state index is 12.2. The van der Waals surface area contributed by atoms with Crippen LogP contribution in [0, 0.1) is 0 Å². The Kier molecular flexibility index (Phi) is 3.21. The summed E-state index contributed by atoms with van der Waals surface area (Å²) in [4.78, 5) is 18.3. The van der Waals surface area contributed by atoms with Gasteiger partial charge in [0.25, 0.3) is 0 Å². The molecule has 1 aliphatic rings. The van der Waals surface area contributed by atoms with Gasteiger partial charge in [0.1, 0.15) is 0 Å². The van der Waals surface area contributed by atoms with Crippen LogP contribution in [0.2, 0.25) is 0 Å². The first-order valence-electron chi connectivity index (χ1n) is 6.27. The van der Waals surface area contributed by atoms with E-state index in [-0.39, 0.29) is 5.91 Å². The maximum atomic E-state index is 12.2. The quantitative estimate of drug-likeness (QED) is 0.908. The van der Waals surface area contributed by atoms with Gasteiger partial charge in [-0.25, -0.2) is 4.98 Å². The van der Waals surface area contributed by atoms with Crippen LogP contribution in [0.4, 0.5) is 5.13 Å². The minimum Gasteiger partial charge on any atom is -0.375 e. The van der Waals surface area contributed by atoms with E-state index >= 15 is 0 Å². The van der Waals surface area contributed by atoms with E-state index in [9.17, 15) is 4.79 Å². The largest absolute Gasteiger partial charge is 0.375 e. The molecule has 0 saturated carbocycles. The Bertz CT molecular complexity index is 608. The highest BCUT2D eigenvalue weighted by molar-refractivity contribution is 7.13. The Morgan fingerprint density at radius 1 is 1.37 bits per heavy atom. The maximum Gasteiger partial charge on any atom is 0.228 e. The van der Waals surface area contributed by atoms with Crippen molar-refractivity contribution in [1.82, 2.24) is 9.88 Å². The number of nitrogen functional groups attached to an aromatic ring is 1. The second-order valence-corrected chi connectivity index (χ2v) is 5.58. The molecule has 4 nitrogen and oxygen atoms in total. The average molecular weight is 273 g/mol. The molecule has 0 spiro atoms. The Labute approximate surface area is 115 Å². The molecule has 0 bridgehead atoms. The summed E-state index contributed by atoms with van der Waals surface area (Å²) in [5.41, 5.74) is 8.95. The van der Waals surface area contributed by atoms with Gasteiger partial charge in [-0.15, -0.1) is 11.3 Å². The molecule has 3 rings (SSSR count). The summed E-state index contributed by atoms with van der Waals surface area (Å²) in [5, 5.41) is 2.37. The van der Waals surface area contributed by atoms with Crippen molar-refractivity contribution in [2.24, 2.45) is 0 Å². The standard InChI is InChI=1S/C14H15N3OS/c15-14-16-12(9-19-14)7-13(18)17-6-5-10-3-1-2-4-11(10)8-17/h1-4,9H,5-8H2,(H2,15,16). The number of nitrogens with zero attached hydrogens (tertiary/aromatic N) is 2. The Morgan fingerprint density at radius 3 is 2.89 bits per heavy atom. The number of rotatable bonds is 2. The summed E-state index contributed by atoms with van der Waals surface area (Å²) in [7, 11) is 0. The van der Waals surface area contributed by atoms with Crippen LogP contribution in [0.3, 0.4) is 0 Å². The molecule has 0 fully saturated rings. The van der Waals surface area contributed by atoms with Gasteiger partial charge in [0.05, 0.1) is 12.1 Å². The van der Waals surface area contributed by atoms with Crippen LogP contribution < -0.4 is 5.73 Å². The molecule has 2 N–H and O–H groups in total. The minimum absolute atomic E-state index is 0.125. The van der Waals surface area contributed by atoms with Gasteiger partial charge in [0.2, 0.25) is 5.91 Å². The molecule has 19 heavy (non-hydrogen) atoms. The zero-order chi connectivity index (χ0) is 13.2. The van der Waals surface area contributed by atoms with E-state index in [1.54, 1.807) is 0 Å². The second kappa shape index (κ2) is 5.01. The number of hydrogen-bond acceptors (Lipinski definition) is 4. The lowest BCUT2D eigenvalue weighted by Gasteiger charge is -2.28. The summed E-state index contributed by atoms with van der Waals surface area (Å²) in [6, 6.07) is 8.30. The van der Waals surface area contributed by atoms with Crippen molar-refractivity contribution in [2.45, 2.75) is 19.4 Å². The Hall–Kier alpha value is -1.88. The van der Waals surface area contributed by atoms with Crippen LogP contribution in [-0.4, -0.2) is 22.3 Å². The third kappa shape index (κ3) is 2.61. The lowest BCUT2D eigenvalue weighted by atomic mass is 10.00. The summed E-state index contributed by atoms with van der Waals surface area (Å²) in [5.74, 6) is 0.125. The van der Waals surface area contributed by atoms with E-state index in [2.05, 4.69) is 17.1 Å². The molecule has 1 aliphatic heterocycles. The van der Waals surface area contributed by atoms with Crippen molar-refractivity contribution in [3.8, 4) is 0 Å². The normalized spacial score (nSPS) is 14.2. The van der Waals surface area contributed by atoms with Crippen LogP contribution in [-0.2, 0) is 24.2 Å². The average Bonchev–Trinajstić information content (AvgIpc) is 2.83. The van der Waals surface area contributed by atoms with Crippen LogP contribution in [0.15, 0.2) is 29.6 Å². The molecule has 1 amide bonds. The van der Waals surface area contributed by atoms with Crippen molar-refractivity contribution in [3.63, 3.8) is 0 Å². The predicted molar refractivity (Wildman–Crippen MR) is 75.8 cm³/mol. The van der Waals surface area contributed by atoms with Gasteiger partial charge in [-0.2, -0.15) is 0 Å². The number of amides is 1. The van der Waals surface area contributed by atoms with E-state index in [0.29, 0.717) is 18.1 Å². The fourth-order valence-electron chi connectivity index (χ4n) is 2.38. The first kappa shape index (κ1) is 12.2. The lowest BCUT2D eigenvalue weighted by Crippen LogP contribution is -2.36. The van der Waals surface area contributed by atoms with Crippen molar-refractivity contribution >= 4 is 22.4 Å². The van der Waals surface area contributed by atoms with E-state index < -0.39 is 0 Å². The third-order valence-electron chi connectivity index (χ3n) is 3.39. The van der Waals surface area contributed by atoms with Crippen LogP contribution in [0.5, 0.6) is 0 Å². The van der Waals surface area contributed by atoms with Gasteiger partial charge in [-0.05, 0) is 17.5 Å². The van der Waals surface area contributed by atoms with Crippen molar-refractivity contribution in [1.29, 1.82) is 0 Å². The number of aromatic nitrogens is 1. The van der Waals surface area contributed by atoms with E-state index in [1.807, 2.05) is 22.4 Å². The number of carbonyl (C=O) groups is 1. The van der Waals surface area contributed by atoms with Crippen molar-refractivity contribution in [2.75, 3.05) is 12.3 Å². The summed E-state index contributed by atoms with van der Waals surface area (Å²) in [6.07, 6.45) is 1.27. The Morgan fingerprint density at radius 2 is 2.16 bits per heavy atom. The van der Waals surface area contributed by atoms with Gasteiger partial charge < -0.3 is 10.6 Å². The number of hydrogen-bond donors (Lipinski definition) is 1. The molecule has 98 valence electrons. The van der Waals surface area contributed by atoms with Gasteiger partial charge in [-0.3, -0.25) is 4.79 Å². The molecular formula is C14H15N3OS. The highest BCUT2D eigenvalue weighted by Gasteiger charge is 2.20. The molecule has 5 heteroatoms. The highest BCUT2D eigenvalue weighted by atomic mass is 32.1. The molecule has 0 radical (unpaired) electrons. The SMILES string of the molecule is Nc1nc(CC(=O)N2CCc3ccccc3C2)cs1. The monoisotopic (exact) mass is 273 g/mol. The number of nitrogens with two attached hydrogens (primary N) is 1. The van der Waals surface area contributed by atoms with E-state index in [0.717, 1.165) is 18.7 Å². The molecule has 0 atom stereocenters. The molecular weight excluding hydrogens is 258 g/mol. The van der Waals surface area contributed by atoms with Crippen molar-refractivity contribution < 1.29 is 4.79 Å². The number of thiazole rings is 1. The fourth-order valence-corrected chi connectivity index (χ4v) is 2.94. The topological polar surface area (TPSA) is 59.2 Å². The molecule has 0 aliphatic carbocycles. The van der Waals surface area contributed by atoms with E-state index in [1.165, 1.54) is 22.5 Å². The second-order valence-electron chi connectivity index (χ2n) is 4.69. The first-order valence-corrected chi connectivity index (χ1v) is 7.15.